The van der Waals surface area contributed by atoms with Gasteiger partial charge in [0.25, 0.3) is 5.91 Å². The molecule has 4 rings (SSSR count). The number of amides is 2. The van der Waals surface area contributed by atoms with E-state index in [1.807, 2.05) is 6.92 Å². The number of rotatable bonds is 3. The fourth-order valence-corrected chi connectivity index (χ4v) is 4.50. The van der Waals surface area contributed by atoms with Crippen molar-refractivity contribution in [2.24, 2.45) is 11.3 Å². The highest BCUT2D eigenvalue weighted by Gasteiger charge is 2.37. The summed E-state index contributed by atoms with van der Waals surface area (Å²) in [7, 11) is 0. The molecule has 1 aliphatic carbocycles. The Hall–Kier alpha value is -2.50. The lowest BCUT2D eigenvalue weighted by Crippen LogP contribution is -2.44. The number of aryl methyl sites for hydroxylation is 1. The van der Waals surface area contributed by atoms with Crippen molar-refractivity contribution in [1.29, 1.82) is 0 Å². The van der Waals surface area contributed by atoms with Crippen molar-refractivity contribution in [2.45, 2.75) is 52.5 Å². The van der Waals surface area contributed by atoms with Crippen LogP contribution in [0.2, 0.25) is 0 Å². The molecule has 0 radical (unpaired) electrons. The van der Waals surface area contributed by atoms with E-state index in [4.69, 9.17) is 8.83 Å². The first-order valence-corrected chi connectivity index (χ1v) is 10.0. The zero-order chi connectivity index (χ0) is 19.9. The number of fused-ring (bicyclic) bond motifs is 1. The quantitative estimate of drug-likeness (QED) is 0.872. The van der Waals surface area contributed by atoms with Crippen LogP contribution in [-0.2, 0) is 11.2 Å². The lowest BCUT2D eigenvalue weighted by Gasteiger charge is -2.36. The predicted octanol–water partition coefficient (Wildman–Crippen LogP) is 3.86. The molecule has 0 aromatic carbocycles. The Morgan fingerprint density at radius 3 is 2.68 bits per heavy atom. The molecule has 6 nitrogen and oxygen atoms in total. The maximum absolute atomic E-state index is 12.9. The predicted molar refractivity (Wildman–Crippen MR) is 104 cm³/mol. The van der Waals surface area contributed by atoms with Crippen molar-refractivity contribution < 1.29 is 18.4 Å². The summed E-state index contributed by atoms with van der Waals surface area (Å²) in [6, 6.07) is 5.44. The van der Waals surface area contributed by atoms with Crippen molar-refractivity contribution in [3.8, 4) is 0 Å². The Morgan fingerprint density at radius 2 is 2.00 bits per heavy atom. The minimum atomic E-state index is -0.101. The molecule has 150 valence electrons. The van der Waals surface area contributed by atoms with Gasteiger partial charge in [-0.05, 0) is 49.8 Å². The molecule has 1 aliphatic heterocycles. The van der Waals surface area contributed by atoms with Crippen LogP contribution < -0.4 is 5.32 Å². The Morgan fingerprint density at radius 1 is 1.25 bits per heavy atom. The van der Waals surface area contributed by atoms with Crippen LogP contribution in [0.4, 0.5) is 0 Å². The molecule has 2 aromatic rings. The van der Waals surface area contributed by atoms with Gasteiger partial charge < -0.3 is 19.1 Å². The maximum Gasteiger partial charge on any atom is 0.289 e. The molecule has 1 atom stereocenters. The van der Waals surface area contributed by atoms with Gasteiger partial charge in [0, 0.05) is 31.0 Å². The van der Waals surface area contributed by atoms with E-state index in [0.29, 0.717) is 31.7 Å². The number of carbonyl (C=O) groups is 2. The summed E-state index contributed by atoms with van der Waals surface area (Å²) in [5, 5.41) is 3.26. The Balaban J connectivity index is 1.38. The molecule has 1 N–H and O–H groups in total. The zero-order valence-electron chi connectivity index (χ0n) is 16.8. The normalized spacial score (nSPS) is 22.0. The summed E-state index contributed by atoms with van der Waals surface area (Å²) in [6.07, 6.45) is 4.65. The van der Waals surface area contributed by atoms with E-state index < -0.39 is 0 Å². The van der Waals surface area contributed by atoms with E-state index in [1.165, 1.54) is 6.26 Å². The van der Waals surface area contributed by atoms with Crippen molar-refractivity contribution >= 4 is 11.8 Å². The van der Waals surface area contributed by atoms with Gasteiger partial charge in [-0.2, -0.15) is 0 Å². The number of likely N-dealkylation sites (tertiary alicyclic amines) is 1. The molecular formula is C22H28N2O4. The summed E-state index contributed by atoms with van der Waals surface area (Å²) < 4.78 is 11.1. The molecule has 0 saturated carbocycles. The average Bonchev–Trinajstić information content (AvgIpc) is 3.29. The number of furan rings is 2. The summed E-state index contributed by atoms with van der Waals surface area (Å²) in [5.74, 6) is 2.16. The Labute approximate surface area is 165 Å². The van der Waals surface area contributed by atoms with Gasteiger partial charge in [-0.25, -0.2) is 0 Å². The van der Waals surface area contributed by atoms with Gasteiger partial charge in [-0.1, -0.05) is 13.8 Å². The number of hydrogen-bond acceptors (Lipinski definition) is 4. The molecule has 0 bridgehead atoms. The Kier molecular flexibility index (Phi) is 4.81. The molecule has 2 aromatic heterocycles. The molecule has 28 heavy (non-hydrogen) atoms. The van der Waals surface area contributed by atoms with Crippen LogP contribution in [0.25, 0.3) is 0 Å². The van der Waals surface area contributed by atoms with E-state index in [2.05, 4.69) is 25.2 Å². The van der Waals surface area contributed by atoms with Gasteiger partial charge in [-0.15, -0.1) is 0 Å². The summed E-state index contributed by atoms with van der Waals surface area (Å²) >= 11 is 0. The summed E-state index contributed by atoms with van der Waals surface area (Å²) in [4.78, 5) is 27.1. The van der Waals surface area contributed by atoms with Gasteiger partial charge in [0.1, 0.15) is 11.5 Å². The van der Waals surface area contributed by atoms with Gasteiger partial charge in [-0.3, -0.25) is 9.59 Å². The fraction of sp³-hybridized carbons (Fsp3) is 0.545. The van der Waals surface area contributed by atoms with Crippen LogP contribution in [0.15, 0.2) is 33.3 Å². The summed E-state index contributed by atoms with van der Waals surface area (Å²) in [6.45, 7) is 7.53. The zero-order valence-corrected chi connectivity index (χ0v) is 16.8. The van der Waals surface area contributed by atoms with Crippen LogP contribution in [0.1, 0.15) is 66.8 Å². The lowest BCUT2D eigenvalue weighted by molar-refractivity contribution is -0.127. The molecule has 1 fully saturated rings. The first-order valence-electron chi connectivity index (χ1n) is 10.0. The van der Waals surface area contributed by atoms with Crippen molar-refractivity contribution in [2.75, 3.05) is 13.1 Å². The van der Waals surface area contributed by atoms with E-state index in [1.54, 1.807) is 17.0 Å². The highest BCUT2D eigenvalue weighted by Crippen LogP contribution is 2.42. The molecule has 1 saturated heterocycles. The average molecular weight is 384 g/mol. The second-order valence-corrected chi connectivity index (χ2v) is 8.89. The SMILES string of the molecule is Cc1cc2c(o1)CC(C)(C)CC2NC(=O)C1CCN(C(=O)c2ccco2)CC1. The smallest absolute Gasteiger partial charge is 0.289 e. The van der Waals surface area contributed by atoms with Gasteiger partial charge in [0.2, 0.25) is 5.91 Å². The molecule has 1 unspecified atom stereocenters. The largest absolute Gasteiger partial charge is 0.466 e. The molecule has 3 heterocycles. The van der Waals surface area contributed by atoms with Crippen molar-refractivity contribution in [1.82, 2.24) is 10.2 Å². The third kappa shape index (κ3) is 3.73. The number of nitrogens with zero attached hydrogens (tertiary/aromatic N) is 1. The number of piperidine rings is 1. The van der Waals surface area contributed by atoms with E-state index >= 15 is 0 Å². The molecule has 2 aliphatic rings. The minimum Gasteiger partial charge on any atom is -0.466 e. The second-order valence-electron chi connectivity index (χ2n) is 8.89. The highest BCUT2D eigenvalue weighted by atomic mass is 16.3. The van der Waals surface area contributed by atoms with Crippen LogP contribution >= 0.6 is 0 Å². The number of hydrogen-bond donors (Lipinski definition) is 1. The third-order valence-corrected chi connectivity index (χ3v) is 5.94. The standard InChI is InChI=1S/C22H28N2O4/c1-14-11-16-17(12-22(2,3)13-19(16)28-14)23-20(25)15-6-8-24(9-7-15)21(26)18-5-4-10-27-18/h4-5,10-11,15,17H,6-9,12-13H2,1-3H3,(H,23,25). The molecule has 2 amide bonds. The van der Waals surface area contributed by atoms with Crippen LogP contribution in [-0.4, -0.2) is 29.8 Å². The lowest BCUT2D eigenvalue weighted by atomic mass is 9.74. The monoisotopic (exact) mass is 384 g/mol. The highest BCUT2D eigenvalue weighted by molar-refractivity contribution is 5.91. The second kappa shape index (κ2) is 7.15. The fourth-order valence-electron chi connectivity index (χ4n) is 4.50. The topological polar surface area (TPSA) is 75.7 Å². The first kappa shape index (κ1) is 18.8. The first-order chi connectivity index (χ1) is 13.3. The number of nitrogens with one attached hydrogen (secondary N) is 1. The Bertz CT molecular complexity index is 857. The van der Waals surface area contributed by atoms with E-state index in [9.17, 15) is 9.59 Å². The van der Waals surface area contributed by atoms with Gasteiger partial charge in [0.15, 0.2) is 5.76 Å². The van der Waals surface area contributed by atoms with E-state index in [0.717, 1.165) is 29.9 Å². The molecule has 0 spiro atoms. The van der Waals surface area contributed by atoms with E-state index in [-0.39, 0.29) is 29.2 Å². The van der Waals surface area contributed by atoms with Crippen LogP contribution in [0.3, 0.4) is 0 Å². The molecular weight excluding hydrogens is 356 g/mol. The van der Waals surface area contributed by atoms with Crippen molar-refractivity contribution in [3.05, 3.63) is 47.3 Å². The van der Waals surface area contributed by atoms with Crippen LogP contribution in [0.5, 0.6) is 0 Å². The van der Waals surface area contributed by atoms with Crippen molar-refractivity contribution in [3.63, 3.8) is 0 Å². The van der Waals surface area contributed by atoms with Gasteiger partial charge in [0.05, 0.1) is 12.3 Å². The third-order valence-electron chi connectivity index (χ3n) is 5.94. The number of carbonyl (C=O) groups excluding carboxylic acids is 2. The summed E-state index contributed by atoms with van der Waals surface area (Å²) in [5.41, 5.74) is 1.21. The minimum absolute atomic E-state index is 0.00789. The van der Waals surface area contributed by atoms with Gasteiger partial charge >= 0.3 is 0 Å². The van der Waals surface area contributed by atoms with Crippen LogP contribution in [0, 0.1) is 18.3 Å². The molecule has 6 heteroatoms. The maximum atomic E-state index is 12.9.